The zero-order valence-corrected chi connectivity index (χ0v) is 24.8. The van der Waals surface area contributed by atoms with Gasteiger partial charge < -0.3 is 5.73 Å². The maximum Gasteiger partial charge on any atom is 4.00 e. The molecule has 0 fully saturated rings. The average molecular weight is 606 g/mol. The molecular formula is C29H37HfNSi. The predicted molar refractivity (Wildman–Crippen MR) is 143 cm³/mol. The molecule has 0 aliphatic heterocycles. The molecule has 0 amide bonds. The minimum Gasteiger partial charge on any atom is -0.673 e. The minimum atomic E-state index is -0.250. The Morgan fingerprint density at radius 2 is 1.03 bits per heavy atom. The first-order valence-electron chi connectivity index (χ1n) is 10.3. The minimum absolute atomic E-state index is 0. The molecule has 3 heteroatoms. The van der Waals surface area contributed by atoms with E-state index < -0.39 is 0 Å². The van der Waals surface area contributed by atoms with Crippen LogP contribution in [0.5, 0.6) is 0 Å². The van der Waals surface area contributed by atoms with E-state index in [4.69, 9.17) is 5.73 Å². The van der Waals surface area contributed by atoms with Crippen LogP contribution in [0.25, 0.3) is 16.5 Å². The van der Waals surface area contributed by atoms with Crippen LogP contribution in [0.1, 0.15) is 31.9 Å². The molecule has 1 N–H and O–H groups in total. The van der Waals surface area contributed by atoms with E-state index >= 15 is 0 Å². The molecule has 2 radical (unpaired) electrons. The van der Waals surface area contributed by atoms with E-state index in [2.05, 4.69) is 69.4 Å². The fraction of sp³-hybridized carbons (Fsp3) is 0.207. The molecule has 0 saturated carbocycles. The molecule has 32 heavy (non-hydrogen) atoms. The Bertz CT molecular complexity index is 823. The van der Waals surface area contributed by atoms with E-state index in [0.29, 0.717) is 0 Å². The number of nitrogens with one attached hydrogen (secondary N) is 1. The Kier molecular flexibility index (Phi) is 19.9. The summed E-state index contributed by atoms with van der Waals surface area (Å²) in [7, 11) is 1.08. The number of hydrogen-bond donors (Lipinski definition) is 0. The summed E-state index contributed by atoms with van der Waals surface area (Å²) in [6, 6.07) is 34.4. The zero-order valence-electron chi connectivity index (χ0n) is 20.2. The van der Waals surface area contributed by atoms with E-state index in [0.717, 1.165) is 20.6 Å². The van der Waals surface area contributed by atoms with Gasteiger partial charge >= 0.3 is 25.8 Å². The molecule has 4 aromatic rings. The molecule has 0 aromatic heterocycles. The second kappa shape index (κ2) is 19.7. The van der Waals surface area contributed by atoms with Gasteiger partial charge in [0.05, 0.1) is 0 Å². The van der Waals surface area contributed by atoms with Crippen LogP contribution >= 0.6 is 0 Å². The normalized spacial score (nSPS) is 9.06. The number of fused-ring (bicyclic) bond motifs is 1. The largest absolute Gasteiger partial charge is 4.00 e. The molecule has 4 aromatic carbocycles. The summed E-state index contributed by atoms with van der Waals surface area (Å²) >= 11 is 0. The molecule has 0 saturated heterocycles. The van der Waals surface area contributed by atoms with Crippen molar-refractivity contribution < 1.29 is 25.8 Å². The van der Waals surface area contributed by atoms with Crippen LogP contribution in [0.3, 0.4) is 0 Å². The molecule has 0 aliphatic carbocycles. The van der Waals surface area contributed by atoms with Gasteiger partial charge in [-0.15, -0.1) is 59.5 Å². The Balaban J connectivity index is 0. The summed E-state index contributed by atoms with van der Waals surface area (Å²) in [5.41, 5.74) is 8.83. The number of rotatable bonds is 0. The molecule has 0 atom stereocenters. The molecule has 0 unspecified atom stereocenters. The maximum absolute atomic E-state index is 6.94. The van der Waals surface area contributed by atoms with Crippen LogP contribution in [0.2, 0.25) is 13.1 Å². The molecule has 0 heterocycles. The Morgan fingerprint density at radius 3 is 1.34 bits per heavy atom. The molecule has 166 valence electrons. The van der Waals surface area contributed by atoms with Crippen LogP contribution in [-0.4, -0.2) is 15.1 Å². The van der Waals surface area contributed by atoms with E-state index in [1.54, 1.807) is 0 Å². The van der Waals surface area contributed by atoms with Crippen molar-refractivity contribution >= 4 is 20.3 Å². The second-order valence-corrected chi connectivity index (χ2v) is 8.88. The first kappa shape index (κ1) is 32.2. The predicted octanol–water partition coefficient (Wildman–Crippen LogP) is 8.92. The SMILES string of the molecule is CC(C)(C)[NH-].C[Si]C.[CH2-]c1ccccc1.[CH2-]c1ccccc1.[Hf+4].c1ccc2[cH-]ccc2c1. The third kappa shape index (κ3) is 21.3. The van der Waals surface area contributed by atoms with Crippen molar-refractivity contribution in [2.75, 3.05) is 0 Å². The Hall–Kier alpha value is -1.94. The van der Waals surface area contributed by atoms with Gasteiger partial charge in [-0.05, 0) is 0 Å². The summed E-state index contributed by atoms with van der Waals surface area (Å²) in [6.07, 6.45) is 0. The smallest absolute Gasteiger partial charge is 0.673 e. The number of hydrogen-bond acceptors (Lipinski definition) is 0. The molecule has 0 spiro atoms. The van der Waals surface area contributed by atoms with Crippen molar-refractivity contribution in [1.82, 2.24) is 0 Å². The van der Waals surface area contributed by atoms with Crippen LogP contribution in [0.15, 0.2) is 103 Å². The maximum atomic E-state index is 6.94. The standard InChI is InChI=1S/C9H7.2C7H7.C4H10N.C2H6Si.Hf/c1-2-5-9-7-3-6-8(9)4-1;2*1-7-5-3-2-4-6-7;1-4(2,3)5;1-3-2;/h1-7H;2*2-6H,1H2;5H,1-3H3;1-2H3;/q4*-1;;+4. The van der Waals surface area contributed by atoms with Crippen LogP contribution < -0.4 is 0 Å². The monoisotopic (exact) mass is 607 g/mol. The van der Waals surface area contributed by atoms with E-state index in [1.165, 1.54) is 10.8 Å². The quantitative estimate of drug-likeness (QED) is 0.141. The van der Waals surface area contributed by atoms with E-state index in [-0.39, 0.29) is 31.4 Å². The second-order valence-electron chi connectivity index (χ2n) is 7.88. The molecule has 0 bridgehead atoms. The fourth-order valence-electron chi connectivity index (χ4n) is 2.03. The third-order valence-electron chi connectivity index (χ3n) is 3.23. The van der Waals surface area contributed by atoms with E-state index in [9.17, 15) is 0 Å². The van der Waals surface area contributed by atoms with Crippen LogP contribution in [0, 0.1) is 13.8 Å². The Labute approximate surface area is 218 Å². The summed E-state index contributed by atoms with van der Waals surface area (Å²) in [5, 5.41) is 2.66. The van der Waals surface area contributed by atoms with Crippen molar-refractivity contribution in [3.05, 3.63) is 134 Å². The van der Waals surface area contributed by atoms with Gasteiger partial charge in [0.15, 0.2) is 0 Å². The number of benzene rings is 3. The van der Waals surface area contributed by atoms with Gasteiger partial charge in [-0.1, -0.05) is 52.1 Å². The summed E-state index contributed by atoms with van der Waals surface area (Å²) in [4.78, 5) is 0. The van der Waals surface area contributed by atoms with Gasteiger partial charge in [-0.2, -0.15) is 66.8 Å². The molecular weight excluding hydrogens is 569 g/mol. The van der Waals surface area contributed by atoms with Crippen molar-refractivity contribution in [2.45, 2.75) is 39.4 Å². The molecule has 1 nitrogen and oxygen atoms in total. The van der Waals surface area contributed by atoms with E-state index in [1.807, 2.05) is 81.4 Å². The van der Waals surface area contributed by atoms with Gasteiger partial charge in [0.25, 0.3) is 0 Å². The third-order valence-corrected chi connectivity index (χ3v) is 3.23. The summed E-state index contributed by atoms with van der Waals surface area (Å²) in [6.45, 7) is 17.3. The van der Waals surface area contributed by atoms with Crippen molar-refractivity contribution in [1.29, 1.82) is 0 Å². The average Bonchev–Trinajstić information content (AvgIpc) is 3.18. The van der Waals surface area contributed by atoms with Gasteiger partial charge in [0, 0.05) is 9.52 Å². The first-order valence-corrected chi connectivity index (χ1v) is 12.3. The first-order chi connectivity index (χ1) is 14.7. The zero-order chi connectivity index (χ0) is 23.5. The van der Waals surface area contributed by atoms with Gasteiger partial charge in [0.2, 0.25) is 0 Å². The topological polar surface area (TPSA) is 23.8 Å². The van der Waals surface area contributed by atoms with Crippen molar-refractivity contribution in [3.8, 4) is 0 Å². The van der Waals surface area contributed by atoms with Gasteiger partial charge in [0.1, 0.15) is 0 Å². The molecule has 4 rings (SSSR count). The van der Waals surface area contributed by atoms with Crippen molar-refractivity contribution in [2.24, 2.45) is 0 Å². The summed E-state index contributed by atoms with van der Waals surface area (Å²) < 4.78 is 0. The van der Waals surface area contributed by atoms with Gasteiger partial charge in [-0.3, -0.25) is 0 Å². The molecule has 0 aliphatic rings. The Morgan fingerprint density at radius 1 is 0.688 bits per heavy atom. The van der Waals surface area contributed by atoms with Crippen LogP contribution in [-0.2, 0) is 25.8 Å². The fourth-order valence-corrected chi connectivity index (χ4v) is 2.03. The summed E-state index contributed by atoms with van der Waals surface area (Å²) in [5.74, 6) is 0. The van der Waals surface area contributed by atoms with Gasteiger partial charge in [-0.25, -0.2) is 0 Å². The van der Waals surface area contributed by atoms with Crippen molar-refractivity contribution in [3.63, 3.8) is 0 Å². The van der Waals surface area contributed by atoms with Crippen LogP contribution in [0.4, 0.5) is 0 Å².